The van der Waals surface area contributed by atoms with Crippen molar-refractivity contribution >= 4 is 28.8 Å². The van der Waals surface area contributed by atoms with E-state index in [0.717, 1.165) is 27.1 Å². The number of ether oxygens (including phenoxy) is 1. The Morgan fingerprint density at radius 3 is 2.56 bits per heavy atom. The average molecular weight is 464 g/mol. The molecule has 3 aromatic rings. The first-order valence-corrected chi connectivity index (χ1v) is 10.7. The zero-order chi connectivity index (χ0) is 24.2. The van der Waals surface area contributed by atoms with E-state index >= 15 is 0 Å². The van der Waals surface area contributed by atoms with Crippen LogP contribution in [-0.4, -0.2) is 57.2 Å². The highest BCUT2D eigenvalue weighted by molar-refractivity contribution is 5.95. The number of likely N-dealkylation sites (tertiary alicyclic amines) is 1. The number of benzene rings is 2. The largest absolute Gasteiger partial charge is 0.489 e. The molecule has 10 heteroatoms. The van der Waals surface area contributed by atoms with Crippen molar-refractivity contribution in [3.8, 4) is 5.75 Å². The Morgan fingerprint density at radius 2 is 1.85 bits per heavy atom. The second kappa shape index (κ2) is 9.75. The Hall–Kier alpha value is -4.18. The fraction of sp³-hybridized carbons (Fsp3) is 0.250. The van der Waals surface area contributed by atoms with Crippen LogP contribution in [0.25, 0.3) is 10.9 Å². The molecule has 0 aliphatic carbocycles. The zero-order valence-corrected chi connectivity index (χ0v) is 18.4. The molecular formula is C24H24N4O6. The number of rotatable bonds is 6. The number of fused-ring (bicyclic) bond motifs is 1. The van der Waals surface area contributed by atoms with Crippen LogP contribution in [0.2, 0.25) is 0 Å². The van der Waals surface area contributed by atoms with Crippen molar-refractivity contribution in [2.75, 3.05) is 13.1 Å². The number of nitrogens with one attached hydrogen (secondary N) is 2. The molecule has 3 amide bonds. The van der Waals surface area contributed by atoms with Gasteiger partial charge in [0.1, 0.15) is 12.4 Å². The summed E-state index contributed by atoms with van der Waals surface area (Å²) in [5.41, 5.74) is 4.65. The average Bonchev–Trinajstić information content (AvgIpc) is 3.26. The van der Waals surface area contributed by atoms with Crippen LogP contribution in [0, 0.1) is 12.8 Å². The van der Waals surface area contributed by atoms with Gasteiger partial charge in [0.15, 0.2) is 0 Å². The van der Waals surface area contributed by atoms with Crippen molar-refractivity contribution in [3.05, 3.63) is 71.4 Å². The van der Waals surface area contributed by atoms with E-state index in [1.165, 1.54) is 5.48 Å². The lowest BCUT2D eigenvalue weighted by molar-refractivity contribution is -0.133. The van der Waals surface area contributed by atoms with Crippen LogP contribution < -0.4 is 15.5 Å². The van der Waals surface area contributed by atoms with Crippen molar-refractivity contribution in [2.24, 2.45) is 5.92 Å². The van der Waals surface area contributed by atoms with Gasteiger partial charge < -0.3 is 20.1 Å². The van der Waals surface area contributed by atoms with Crippen LogP contribution in [-0.2, 0) is 11.4 Å². The van der Waals surface area contributed by atoms with Crippen LogP contribution >= 0.6 is 0 Å². The van der Waals surface area contributed by atoms with E-state index < -0.39 is 29.9 Å². The summed E-state index contributed by atoms with van der Waals surface area (Å²) in [4.78, 5) is 41.4. The lowest BCUT2D eigenvalue weighted by Crippen LogP contribution is -2.45. The molecule has 1 saturated heterocycles. The lowest BCUT2D eigenvalue weighted by Gasteiger charge is -2.18. The van der Waals surface area contributed by atoms with Gasteiger partial charge in [0.05, 0.1) is 17.5 Å². The van der Waals surface area contributed by atoms with Gasteiger partial charge in [0, 0.05) is 35.3 Å². The number of nitrogens with zero attached hydrogens (tertiary/aromatic N) is 2. The van der Waals surface area contributed by atoms with Gasteiger partial charge in [-0.15, -0.1) is 0 Å². The maximum absolute atomic E-state index is 12.7. The summed E-state index contributed by atoms with van der Waals surface area (Å²) < 4.78 is 5.91. The number of carbonyl (C=O) groups excluding carboxylic acids is 2. The summed E-state index contributed by atoms with van der Waals surface area (Å²) in [5.74, 6) is -1.54. The molecule has 34 heavy (non-hydrogen) atoms. The summed E-state index contributed by atoms with van der Waals surface area (Å²) in [6.07, 6.45) is -1.20. The number of carboxylic acid groups (broad SMARTS) is 1. The molecule has 1 aliphatic heterocycles. The number of aryl methyl sites for hydroxylation is 1. The molecule has 176 valence electrons. The molecule has 0 spiro atoms. The third-order valence-corrected chi connectivity index (χ3v) is 5.79. The van der Waals surface area contributed by atoms with Crippen molar-refractivity contribution in [1.82, 2.24) is 20.7 Å². The van der Waals surface area contributed by atoms with Gasteiger partial charge in [-0.25, -0.2) is 10.3 Å². The van der Waals surface area contributed by atoms with Gasteiger partial charge >= 0.3 is 6.09 Å². The molecule has 10 nitrogen and oxygen atoms in total. The number of carbonyl (C=O) groups is 3. The van der Waals surface area contributed by atoms with Crippen molar-refractivity contribution in [2.45, 2.75) is 19.6 Å². The fourth-order valence-corrected chi connectivity index (χ4v) is 4.08. The first kappa shape index (κ1) is 23.0. The highest BCUT2D eigenvalue weighted by Crippen LogP contribution is 2.22. The predicted octanol–water partition coefficient (Wildman–Crippen LogP) is 2.34. The van der Waals surface area contributed by atoms with Gasteiger partial charge in [0.2, 0.25) is 5.91 Å². The Kier molecular flexibility index (Phi) is 6.60. The third-order valence-electron chi connectivity index (χ3n) is 5.79. The van der Waals surface area contributed by atoms with E-state index in [-0.39, 0.29) is 13.1 Å². The molecule has 0 bridgehead atoms. The highest BCUT2D eigenvalue weighted by Gasteiger charge is 2.40. The highest BCUT2D eigenvalue weighted by atomic mass is 16.5. The minimum Gasteiger partial charge on any atom is -0.489 e. The van der Waals surface area contributed by atoms with E-state index in [0.29, 0.717) is 17.9 Å². The molecule has 4 rings (SSSR count). The fourth-order valence-electron chi connectivity index (χ4n) is 4.08. The van der Waals surface area contributed by atoms with E-state index in [9.17, 15) is 19.5 Å². The Balaban J connectivity index is 1.41. The molecule has 1 aromatic heterocycles. The number of hydrogen-bond donors (Lipinski definition) is 4. The van der Waals surface area contributed by atoms with Crippen LogP contribution in [0.15, 0.2) is 54.6 Å². The Morgan fingerprint density at radius 1 is 1.12 bits per heavy atom. The summed E-state index contributed by atoms with van der Waals surface area (Å²) in [6, 6.07) is 15.6. The maximum atomic E-state index is 12.7. The van der Waals surface area contributed by atoms with Gasteiger partial charge in [-0.1, -0.05) is 18.2 Å². The normalized spacial score (nSPS) is 17.4. The first-order valence-electron chi connectivity index (χ1n) is 10.7. The molecule has 2 aromatic carbocycles. The second-order valence-corrected chi connectivity index (χ2v) is 8.10. The van der Waals surface area contributed by atoms with Gasteiger partial charge in [-0.2, -0.15) is 0 Å². The topological polar surface area (TPSA) is 141 Å². The standard InChI is InChI=1S/C24H24N4O6/c1-14-10-16(18-4-2-3-5-20(18)25-14)13-34-17-8-6-15(7-9-17)22(29)26-21-12-28(24(31)32)11-19(21)23(30)27-33/h2-10,19,21,33H,11-13H2,1H3,(H,26,29)(H,27,30)(H,31,32). The number of amides is 3. The third kappa shape index (κ3) is 4.91. The minimum absolute atomic E-state index is 0.0559. The summed E-state index contributed by atoms with van der Waals surface area (Å²) in [5, 5.41) is 21.8. The molecular weight excluding hydrogens is 440 g/mol. The Bertz CT molecular complexity index is 1230. The van der Waals surface area contributed by atoms with E-state index in [4.69, 9.17) is 9.94 Å². The predicted molar refractivity (Wildman–Crippen MR) is 122 cm³/mol. The molecule has 0 radical (unpaired) electrons. The molecule has 1 aliphatic rings. The van der Waals surface area contributed by atoms with Crippen LogP contribution in [0.1, 0.15) is 21.6 Å². The number of para-hydroxylation sites is 1. The van der Waals surface area contributed by atoms with E-state index in [1.54, 1.807) is 24.3 Å². The SMILES string of the molecule is Cc1cc(COc2ccc(C(=O)NC3CN(C(=O)O)CC3C(=O)NO)cc2)c2ccccc2n1. The summed E-state index contributed by atoms with van der Waals surface area (Å²) in [6.45, 7) is 2.08. The minimum atomic E-state index is -1.20. The molecule has 0 saturated carbocycles. The van der Waals surface area contributed by atoms with Gasteiger partial charge in [-0.05, 0) is 43.3 Å². The Labute approximate surface area is 195 Å². The monoisotopic (exact) mass is 464 g/mol. The van der Waals surface area contributed by atoms with Crippen LogP contribution in [0.4, 0.5) is 4.79 Å². The molecule has 2 unspecified atom stereocenters. The number of hydroxylamine groups is 1. The quantitative estimate of drug-likeness (QED) is 0.324. The second-order valence-electron chi connectivity index (χ2n) is 8.10. The van der Waals surface area contributed by atoms with Gasteiger partial charge in [-0.3, -0.25) is 19.8 Å². The zero-order valence-electron chi connectivity index (χ0n) is 18.4. The summed E-state index contributed by atoms with van der Waals surface area (Å²) in [7, 11) is 0. The summed E-state index contributed by atoms with van der Waals surface area (Å²) >= 11 is 0. The number of aromatic nitrogens is 1. The smallest absolute Gasteiger partial charge is 0.407 e. The molecule has 1 fully saturated rings. The number of hydrogen-bond acceptors (Lipinski definition) is 6. The number of pyridine rings is 1. The van der Waals surface area contributed by atoms with Gasteiger partial charge in [0.25, 0.3) is 5.91 Å². The first-order chi connectivity index (χ1) is 16.4. The maximum Gasteiger partial charge on any atom is 0.407 e. The van der Waals surface area contributed by atoms with E-state index in [1.807, 2.05) is 37.3 Å². The van der Waals surface area contributed by atoms with Crippen molar-refractivity contribution in [3.63, 3.8) is 0 Å². The van der Waals surface area contributed by atoms with Crippen molar-refractivity contribution < 1.29 is 29.4 Å². The molecule has 2 atom stereocenters. The van der Waals surface area contributed by atoms with Crippen molar-refractivity contribution in [1.29, 1.82) is 0 Å². The lowest BCUT2D eigenvalue weighted by atomic mass is 10.0. The van der Waals surface area contributed by atoms with Crippen LogP contribution in [0.5, 0.6) is 5.75 Å². The van der Waals surface area contributed by atoms with Crippen LogP contribution in [0.3, 0.4) is 0 Å². The molecule has 4 N–H and O–H groups in total. The molecule has 2 heterocycles. The van der Waals surface area contributed by atoms with E-state index in [2.05, 4.69) is 10.3 Å².